The van der Waals surface area contributed by atoms with Crippen LogP contribution >= 0.6 is 11.8 Å². The van der Waals surface area contributed by atoms with Gasteiger partial charge >= 0.3 is 5.97 Å². The average Bonchev–Trinajstić information content (AvgIpc) is 3.08. The summed E-state index contributed by atoms with van der Waals surface area (Å²) < 4.78 is 4.68. The van der Waals surface area contributed by atoms with Crippen LogP contribution in [0.2, 0.25) is 0 Å². The quantitative estimate of drug-likeness (QED) is 0.0242. The van der Waals surface area contributed by atoms with Crippen LogP contribution in [-0.2, 0) is 39.9 Å². The van der Waals surface area contributed by atoms with Gasteiger partial charge in [-0.1, -0.05) is 51.1 Å². The van der Waals surface area contributed by atoms with Crippen LogP contribution < -0.4 is 43.8 Å². The van der Waals surface area contributed by atoms with E-state index < -0.39 is 92.1 Å². The van der Waals surface area contributed by atoms with E-state index in [1.807, 2.05) is 20.8 Å². The third-order valence-electron chi connectivity index (χ3n) is 6.77. The van der Waals surface area contributed by atoms with E-state index in [0.717, 1.165) is 0 Å². The third-order valence-corrected chi connectivity index (χ3v) is 8.17. The molecule has 286 valence electrons. The van der Waals surface area contributed by atoms with Gasteiger partial charge in [0.15, 0.2) is 5.96 Å². The highest BCUT2D eigenvalue weighted by atomic mass is 32.2. The summed E-state index contributed by atoms with van der Waals surface area (Å²) in [5.41, 5.74) is 17.4. The van der Waals surface area contributed by atoms with Crippen LogP contribution in [0.4, 0.5) is 0 Å². The number of aliphatic hydroxyl groups excluding tert-OH is 2. The van der Waals surface area contributed by atoms with Crippen LogP contribution in [0.1, 0.15) is 46.1 Å². The molecule has 51 heavy (non-hydrogen) atoms. The molecule has 1 rings (SSSR count). The van der Waals surface area contributed by atoms with E-state index in [9.17, 15) is 33.9 Å². The van der Waals surface area contributed by atoms with Crippen molar-refractivity contribution in [2.24, 2.45) is 22.2 Å². The van der Waals surface area contributed by atoms with E-state index in [1.54, 1.807) is 30.3 Å². The fourth-order valence-corrected chi connectivity index (χ4v) is 4.87. The molecule has 1 aromatic carbocycles. The maximum atomic E-state index is 13.3. The van der Waals surface area contributed by atoms with Crippen LogP contribution in [0.5, 0.6) is 0 Å². The molecule has 1 aromatic rings. The normalized spacial score (nSPS) is 14.0. The Balaban J connectivity index is 2.93. The number of carbonyl (C=O) groups is 6. The summed E-state index contributed by atoms with van der Waals surface area (Å²) in [6, 6.07) is 4.35. The van der Waals surface area contributed by atoms with Crippen LogP contribution in [0.15, 0.2) is 35.3 Å². The lowest BCUT2D eigenvalue weighted by Gasteiger charge is -2.24. The van der Waals surface area contributed by atoms with Crippen LogP contribution in [0.25, 0.3) is 0 Å². The van der Waals surface area contributed by atoms with Gasteiger partial charge in [0.05, 0.1) is 19.2 Å². The Morgan fingerprint density at radius 2 is 1.55 bits per heavy atom. The zero-order valence-electron chi connectivity index (χ0n) is 29.5. The van der Waals surface area contributed by atoms with Gasteiger partial charge in [-0.15, -0.1) is 0 Å². The van der Waals surface area contributed by atoms with Crippen molar-refractivity contribution in [1.29, 1.82) is 0 Å². The fraction of sp³-hybridized carbons (Fsp3) is 0.594. The second kappa shape index (κ2) is 23.1. The summed E-state index contributed by atoms with van der Waals surface area (Å²) in [6.45, 7) is 5.37. The highest BCUT2D eigenvalue weighted by Crippen LogP contribution is 2.23. The number of guanidine groups is 1. The topological polar surface area (TPSA) is 303 Å². The van der Waals surface area contributed by atoms with Crippen LogP contribution in [-0.4, -0.2) is 125 Å². The molecule has 0 aliphatic carbocycles. The minimum Gasteiger partial charge on any atom is -0.462 e. The molecule has 0 aliphatic heterocycles. The Hall–Kier alpha value is -4.46. The first-order valence-corrected chi connectivity index (χ1v) is 17.3. The molecule has 0 heterocycles. The summed E-state index contributed by atoms with van der Waals surface area (Å²) in [7, 11) is 0. The number of esters is 1. The number of nitrogens with one attached hydrogen (secondary N) is 5. The van der Waals surface area contributed by atoms with Crippen LogP contribution in [0.3, 0.4) is 0 Å². The predicted octanol–water partition coefficient (Wildman–Crippen LogP) is -3.26. The monoisotopic (exact) mass is 739 g/mol. The zero-order valence-corrected chi connectivity index (χ0v) is 30.3. The highest BCUT2D eigenvalue weighted by Gasteiger charge is 2.28. The minimum absolute atomic E-state index is 0.0328. The first kappa shape index (κ1) is 44.6. The Morgan fingerprint density at radius 1 is 0.902 bits per heavy atom. The molecule has 0 aliphatic rings. The first-order valence-electron chi connectivity index (χ1n) is 16.3. The standard InChI is InChI=1S/C32H53N9O9S/c1-19(27(46)41-24(13-20-9-6-5-7-10-20)29(48)38-15-26(45)50-17-21(43)16-42)39-30(49)23(11-8-12-36-31(34)35)40-25(44)14-37-28(47)22(33)18-51-32(2,3)4/h5-7,9-10,19,21-24,42-43H,8,11-18,33H2,1-4H3,(H,37,47)(H,38,48)(H,39,49)(H,40,44)(H,41,46)(H4,34,35,36)/t19-,21?,22-,23-,24-/m0/s1. The number of nitrogens with zero attached hydrogens (tertiary/aromatic N) is 1. The number of hydrogen-bond donors (Lipinski definition) is 10. The van der Waals surface area contributed by atoms with Gasteiger partial charge in [0.2, 0.25) is 29.5 Å². The molecule has 13 N–H and O–H groups in total. The number of hydrogen-bond acceptors (Lipinski definition) is 12. The third kappa shape index (κ3) is 20.1. The maximum Gasteiger partial charge on any atom is 0.325 e. The summed E-state index contributed by atoms with van der Waals surface area (Å²) in [5, 5.41) is 30.7. The number of carbonyl (C=O) groups excluding carboxylic acids is 6. The highest BCUT2D eigenvalue weighted by molar-refractivity contribution is 8.00. The van der Waals surface area contributed by atoms with Crippen molar-refractivity contribution in [2.75, 3.05) is 38.6 Å². The summed E-state index contributed by atoms with van der Waals surface area (Å²) in [6.07, 6.45) is -0.891. The van der Waals surface area contributed by atoms with Crippen molar-refractivity contribution < 1.29 is 43.7 Å². The van der Waals surface area contributed by atoms with Crippen molar-refractivity contribution in [3.8, 4) is 0 Å². The van der Waals surface area contributed by atoms with Crippen molar-refractivity contribution in [3.05, 3.63) is 35.9 Å². The van der Waals surface area contributed by atoms with E-state index in [0.29, 0.717) is 11.3 Å². The largest absolute Gasteiger partial charge is 0.462 e. The zero-order chi connectivity index (χ0) is 38.6. The molecular weight excluding hydrogens is 686 g/mol. The average molecular weight is 740 g/mol. The van der Waals surface area contributed by atoms with Crippen molar-refractivity contribution >= 4 is 53.2 Å². The lowest BCUT2D eigenvalue weighted by Crippen LogP contribution is -2.57. The molecule has 0 saturated heterocycles. The minimum atomic E-state index is -1.27. The fourth-order valence-electron chi connectivity index (χ4n) is 4.04. The van der Waals surface area contributed by atoms with Gasteiger partial charge in [0.1, 0.15) is 37.4 Å². The molecule has 0 spiro atoms. The molecule has 1 unspecified atom stereocenters. The number of amides is 5. The van der Waals surface area contributed by atoms with E-state index >= 15 is 0 Å². The Morgan fingerprint density at radius 3 is 2.16 bits per heavy atom. The van der Waals surface area contributed by atoms with Gasteiger partial charge in [0.25, 0.3) is 0 Å². The molecule has 0 radical (unpaired) electrons. The Bertz CT molecular complexity index is 1320. The van der Waals surface area contributed by atoms with E-state index in [-0.39, 0.29) is 36.5 Å². The van der Waals surface area contributed by atoms with Gasteiger partial charge in [-0.25, -0.2) is 0 Å². The van der Waals surface area contributed by atoms with E-state index in [1.165, 1.54) is 18.7 Å². The SMILES string of the molecule is C[C@H](NC(=O)[C@H](CCCN=C(N)N)NC(=O)CNC(=O)[C@@H](N)CSC(C)(C)C)C(=O)N[C@@H](Cc1ccccc1)C(=O)NCC(=O)OCC(O)CO. The van der Waals surface area contributed by atoms with Gasteiger partial charge in [-0.3, -0.25) is 33.8 Å². The van der Waals surface area contributed by atoms with Crippen molar-refractivity contribution in [3.63, 3.8) is 0 Å². The molecule has 0 saturated carbocycles. The van der Waals surface area contributed by atoms with E-state index in [2.05, 4.69) is 31.6 Å². The second-order valence-corrected chi connectivity index (χ2v) is 14.4. The number of benzene rings is 1. The Kier molecular flexibility index (Phi) is 20.2. The first-order chi connectivity index (χ1) is 23.9. The summed E-state index contributed by atoms with van der Waals surface area (Å²) in [4.78, 5) is 80.6. The molecular formula is C32H53N9O9S. The van der Waals surface area contributed by atoms with Crippen molar-refractivity contribution in [2.45, 2.75) is 82.0 Å². The molecule has 0 fully saturated rings. The number of nitrogens with two attached hydrogens (primary N) is 3. The molecule has 5 amide bonds. The smallest absolute Gasteiger partial charge is 0.325 e. The van der Waals surface area contributed by atoms with Gasteiger partial charge in [-0.05, 0) is 25.3 Å². The summed E-state index contributed by atoms with van der Waals surface area (Å²) in [5.74, 6) is -4.10. The van der Waals surface area contributed by atoms with Crippen molar-refractivity contribution in [1.82, 2.24) is 26.6 Å². The summed E-state index contributed by atoms with van der Waals surface area (Å²) >= 11 is 1.50. The number of ether oxygens (including phenoxy) is 1. The maximum absolute atomic E-state index is 13.3. The lowest BCUT2D eigenvalue weighted by atomic mass is 10.0. The number of rotatable bonds is 22. The van der Waals surface area contributed by atoms with E-state index in [4.69, 9.17) is 27.0 Å². The second-order valence-electron chi connectivity index (χ2n) is 12.5. The molecule has 5 atom stereocenters. The number of aliphatic imine (C=N–C) groups is 1. The molecule has 0 bridgehead atoms. The molecule has 19 heteroatoms. The van der Waals surface area contributed by atoms with Gasteiger partial charge in [-0.2, -0.15) is 11.8 Å². The lowest BCUT2D eigenvalue weighted by molar-refractivity contribution is -0.147. The Labute approximate surface area is 301 Å². The number of thioether (sulfide) groups is 1. The molecule has 0 aromatic heterocycles. The van der Waals surface area contributed by atoms with Crippen LogP contribution in [0, 0.1) is 0 Å². The van der Waals surface area contributed by atoms with Gasteiger partial charge in [0, 0.05) is 23.5 Å². The predicted molar refractivity (Wildman–Crippen MR) is 192 cm³/mol. The van der Waals surface area contributed by atoms with Gasteiger partial charge < -0.3 is 58.7 Å². The number of aliphatic hydroxyl groups is 2. The molecule has 18 nitrogen and oxygen atoms in total.